The molecule has 0 radical (unpaired) electrons. The Morgan fingerprint density at radius 1 is 1.15 bits per heavy atom. The topological polar surface area (TPSA) is 73.2 Å². The van der Waals surface area contributed by atoms with Crippen LogP contribution in [0, 0.1) is 0 Å². The zero-order valence-corrected chi connectivity index (χ0v) is 14.9. The van der Waals surface area contributed by atoms with Crippen LogP contribution in [0.4, 0.5) is 11.4 Å². The molecule has 0 bridgehead atoms. The molecule has 3 rings (SSSR count). The van der Waals surface area contributed by atoms with Crippen LogP contribution in [0.15, 0.2) is 71.9 Å². The summed E-state index contributed by atoms with van der Waals surface area (Å²) in [5.74, 6) is 1.93. The largest absolute Gasteiger partial charge is 0.483 e. The van der Waals surface area contributed by atoms with Gasteiger partial charge in [0, 0.05) is 29.7 Å². The molecule has 2 aromatic heterocycles. The summed E-state index contributed by atoms with van der Waals surface area (Å²) in [4.78, 5) is 26.9. The van der Waals surface area contributed by atoms with Crippen molar-refractivity contribution in [2.45, 2.75) is 13.5 Å². The van der Waals surface area contributed by atoms with E-state index in [1.54, 1.807) is 54.2 Å². The number of nitrogens with one attached hydrogen (secondary N) is 1. The summed E-state index contributed by atoms with van der Waals surface area (Å²) < 4.78 is 6.91. The van der Waals surface area contributed by atoms with Crippen molar-refractivity contribution >= 4 is 23.1 Å². The van der Waals surface area contributed by atoms with Gasteiger partial charge in [0.1, 0.15) is 0 Å². The van der Waals surface area contributed by atoms with E-state index in [1.165, 1.54) is 0 Å². The maximum absolute atomic E-state index is 11.8. The van der Waals surface area contributed by atoms with Crippen LogP contribution >= 0.6 is 0 Å². The van der Waals surface area contributed by atoms with Gasteiger partial charge in [0.15, 0.2) is 5.94 Å². The van der Waals surface area contributed by atoms with Gasteiger partial charge in [-0.25, -0.2) is 4.79 Å². The van der Waals surface area contributed by atoms with Gasteiger partial charge < -0.3 is 14.6 Å². The van der Waals surface area contributed by atoms with Crippen molar-refractivity contribution in [1.29, 1.82) is 0 Å². The molecular formula is C21H19N3O3. The monoisotopic (exact) mass is 361 g/mol. The second-order valence-corrected chi connectivity index (χ2v) is 5.82. The number of anilines is 2. The van der Waals surface area contributed by atoms with Gasteiger partial charge in [0.05, 0.1) is 25.0 Å². The zero-order chi connectivity index (χ0) is 19.1. The van der Waals surface area contributed by atoms with Crippen molar-refractivity contribution in [3.8, 4) is 0 Å². The molecule has 27 heavy (non-hydrogen) atoms. The highest BCUT2D eigenvalue weighted by Crippen LogP contribution is 2.20. The van der Waals surface area contributed by atoms with E-state index < -0.39 is 0 Å². The Morgan fingerprint density at radius 3 is 2.67 bits per heavy atom. The fourth-order valence-electron chi connectivity index (χ4n) is 2.60. The van der Waals surface area contributed by atoms with Gasteiger partial charge in [-0.1, -0.05) is 18.2 Å². The average molecular weight is 361 g/mol. The molecule has 0 amide bonds. The first-order valence-electron chi connectivity index (χ1n) is 8.54. The lowest BCUT2D eigenvalue weighted by atomic mass is 10.2. The molecule has 0 spiro atoms. The molecule has 0 fully saturated rings. The van der Waals surface area contributed by atoms with Gasteiger partial charge in [-0.3, -0.25) is 9.78 Å². The normalized spacial score (nSPS) is 10.1. The first-order valence-corrected chi connectivity index (χ1v) is 8.54. The van der Waals surface area contributed by atoms with Crippen LogP contribution in [0.1, 0.15) is 18.1 Å². The number of rotatable bonds is 7. The highest BCUT2D eigenvalue weighted by Gasteiger charge is 2.06. The predicted octanol–water partition coefficient (Wildman–Crippen LogP) is 3.24. The summed E-state index contributed by atoms with van der Waals surface area (Å²) in [5, 5.41) is 3.24. The van der Waals surface area contributed by atoms with Crippen LogP contribution in [0.5, 0.6) is 0 Å². The minimum absolute atomic E-state index is 0.0316. The summed E-state index contributed by atoms with van der Waals surface area (Å²) in [5.41, 5.74) is 3.15. The number of nitrogens with zero attached hydrogens (tertiary/aromatic N) is 2. The summed E-state index contributed by atoms with van der Waals surface area (Å²) in [6.45, 7) is 2.70. The highest BCUT2D eigenvalue weighted by molar-refractivity contribution is 5.84. The molecule has 0 aliphatic rings. The Balaban J connectivity index is 1.72. The predicted molar refractivity (Wildman–Crippen MR) is 104 cm³/mol. The Hall–Kier alpha value is -3.63. The summed E-state index contributed by atoms with van der Waals surface area (Å²) >= 11 is 0. The average Bonchev–Trinajstić information content (AvgIpc) is 2.69. The molecule has 0 aliphatic heterocycles. The van der Waals surface area contributed by atoms with Crippen molar-refractivity contribution < 1.29 is 9.53 Å². The van der Waals surface area contributed by atoms with Gasteiger partial charge in [0.2, 0.25) is 5.76 Å². The van der Waals surface area contributed by atoms with E-state index >= 15 is 0 Å². The molecule has 136 valence electrons. The second-order valence-electron chi connectivity index (χ2n) is 5.82. The maximum atomic E-state index is 11.8. The van der Waals surface area contributed by atoms with Crippen LogP contribution < -0.4 is 10.9 Å². The molecule has 6 heteroatoms. The van der Waals surface area contributed by atoms with Gasteiger partial charge >= 0.3 is 0 Å². The fourth-order valence-corrected chi connectivity index (χ4v) is 2.60. The fraction of sp³-hybridized carbons (Fsp3) is 0.143. The van der Waals surface area contributed by atoms with Gasteiger partial charge in [-0.2, -0.15) is 0 Å². The van der Waals surface area contributed by atoms with Crippen molar-refractivity contribution in [2.24, 2.45) is 0 Å². The van der Waals surface area contributed by atoms with E-state index in [0.717, 1.165) is 16.9 Å². The quantitative estimate of drug-likeness (QED) is 0.517. The van der Waals surface area contributed by atoms with Gasteiger partial charge in [-0.15, -0.1) is 0 Å². The van der Waals surface area contributed by atoms with Crippen LogP contribution in [0.25, 0.3) is 5.76 Å². The minimum atomic E-state index is -0.0316. The van der Waals surface area contributed by atoms with E-state index in [0.29, 0.717) is 18.7 Å². The molecule has 1 N–H and O–H groups in total. The molecule has 0 unspecified atom stereocenters. The minimum Gasteiger partial charge on any atom is -0.483 e. The molecule has 0 aliphatic carbocycles. The van der Waals surface area contributed by atoms with E-state index in [1.807, 2.05) is 30.3 Å². The first kappa shape index (κ1) is 18.2. The Bertz CT molecular complexity index is 1020. The second kappa shape index (κ2) is 8.65. The van der Waals surface area contributed by atoms with Crippen LogP contribution in [0.2, 0.25) is 0 Å². The molecule has 6 nitrogen and oxygen atoms in total. The standard InChI is InChI=1S/C21H19N3O3/c1-2-27-20(15-25)17-11-19(13-22-12-17)23-18-8-6-16(7-9-18)14-24-10-4-3-5-21(24)26/h3-13,23H,2,14H2,1H3. The summed E-state index contributed by atoms with van der Waals surface area (Å²) in [7, 11) is 0. The zero-order valence-electron chi connectivity index (χ0n) is 14.9. The third kappa shape index (κ3) is 4.71. The Morgan fingerprint density at radius 2 is 1.96 bits per heavy atom. The molecule has 3 aromatic rings. The number of carbonyl (C=O) groups excluding carboxylic acids is 1. The van der Waals surface area contributed by atoms with Gasteiger partial charge in [-0.05, 0) is 36.8 Å². The molecule has 2 heterocycles. The van der Waals surface area contributed by atoms with E-state index in [9.17, 15) is 9.59 Å². The lowest BCUT2D eigenvalue weighted by molar-refractivity contribution is 0.299. The Kier molecular flexibility index (Phi) is 5.82. The smallest absolute Gasteiger partial charge is 0.250 e. The molecule has 0 saturated heterocycles. The SMILES string of the molecule is CCOC(=C=O)c1cncc(Nc2ccc(Cn3ccccc3=O)cc2)c1. The number of hydrogen-bond donors (Lipinski definition) is 1. The number of pyridine rings is 2. The molecule has 0 atom stereocenters. The number of hydrogen-bond acceptors (Lipinski definition) is 5. The van der Waals surface area contributed by atoms with Crippen LogP contribution in [-0.4, -0.2) is 22.1 Å². The van der Waals surface area contributed by atoms with Crippen LogP contribution in [-0.2, 0) is 16.1 Å². The highest BCUT2D eigenvalue weighted by atomic mass is 16.5. The Labute approximate surface area is 156 Å². The number of aromatic nitrogens is 2. The first-order chi connectivity index (χ1) is 13.2. The van der Waals surface area contributed by atoms with Crippen LogP contribution in [0.3, 0.4) is 0 Å². The lowest BCUT2D eigenvalue weighted by Gasteiger charge is -2.10. The van der Waals surface area contributed by atoms with E-state index in [-0.39, 0.29) is 11.3 Å². The number of benzene rings is 1. The molecule has 1 aromatic carbocycles. The summed E-state index contributed by atoms with van der Waals surface area (Å²) in [6, 6.07) is 14.6. The molecular weight excluding hydrogens is 342 g/mol. The summed E-state index contributed by atoms with van der Waals surface area (Å²) in [6.07, 6.45) is 4.99. The van der Waals surface area contributed by atoms with Crippen molar-refractivity contribution in [3.05, 3.63) is 88.6 Å². The van der Waals surface area contributed by atoms with Crippen molar-refractivity contribution in [2.75, 3.05) is 11.9 Å². The van der Waals surface area contributed by atoms with Crippen molar-refractivity contribution in [3.63, 3.8) is 0 Å². The molecule has 0 saturated carbocycles. The third-order valence-corrected chi connectivity index (χ3v) is 3.88. The van der Waals surface area contributed by atoms with E-state index in [4.69, 9.17) is 4.74 Å². The third-order valence-electron chi connectivity index (χ3n) is 3.88. The number of ether oxygens (including phenoxy) is 1. The van der Waals surface area contributed by atoms with Gasteiger partial charge in [0.25, 0.3) is 5.56 Å². The maximum Gasteiger partial charge on any atom is 0.250 e. The van der Waals surface area contributed by atoms with Crippen molar-refractivity contribution in [1.82, 2.24) is 9.55 Å². The lowest BCUT2D eigenvalue weighted by Crippen LogP contribution is -2.18. The van der Waals surface area contributed by atoms with E-state index in [2.05, 4.69) is 10.3 Å².